The molecule has 1 atom stereocenters. The van der Waals surface area contributed by atoms with Crippen LogP contribution in [0.2, 0.25) is 0 Å². The van der Waals surface area contributed by atoms with Crippen molar-refractivity contribution in [3.05, 3.63) is 48.0 Å². The highest BCUT2D eigenvalue weighted by atomic mass is 14.9. The summed E-state index contributed by atoms with van der Waals surface area (Å²) in [6.45, 7) is 13.1. The first-order chi connectivity index (χ1) is 13.9. The summed E-state index contributed by atoms with van der Waals surface area (Å²) in [5.74, 6) is 2.14. The van der Waals surface area contributed by atoms with Gasteiger partial charge in [-0.1, -0.05) is 58.4 Å². The minimum absolute atomic E-state index is 0.247. The molecule has 0 saturated carbocycles. The summed E-state index contributed by atoms with van der Waals surface area (Å²) < 4.78 is 0. The van der Waals surface area contributed by atoms with E-state index in [1.807, 2.05) is 19.4 Å². The number of benzene rings is 1. The quantitative estimate of drug-likeness (QED) is 0.391. The molecule has 1 unspecified atom stereocenters. The molecule has 1 aromatic heterocycles. The molecule has 4 nitrogen and oxygen atoms in total. The maximum atomic E-state index is 4.95. The second-order valence-electron chi connectivity index (χ2n) is 8.17. The van der Waals surface area contributed by atoms with Crippen LogP contribution in [0.3, 0.4) is 0 Å². The van der Waals surface area contributed by atoms with Gasteiger partial charge in [0, 0.05) is 37.1 Å². The summed E-state index contributed by atoms with van der Waals surface area (Å²) in [5.41, 5.74) is 4.31. The molecule has 4 heteroatoms. The van der Waals surface area contributed by atoms with Gasteiger partial charge in [0.15, 0.2) is 0 Å². The Morgan fingerprint density at radius 3 is 2.14 bits per heavy atom. The SMILES string of the molecule is CCCCC(C)=NC(=NC)C(C)(c1ccc(-c2cnc(CC)nc2)cc1)C(C)C. The largest absolute Gasteiger partial charge is 0.273 e. The highest BCUT2D eigenvalue weighted by molar-refractivity contribution is 6.02. The fraction of sp³-hybridized carbons (Fsp3) is 0.520. The lowest BCUT2D eigenvalue weighted by molar-refractivity contribution is 0.446. The van der Waals surface area contributed by atoms with Gasteiger partial charge in [0.25, 0.3) is 0 Å². The van der Waals surface area contributed by atoms with Gasteiger partial charge in [-0.15, -0.1) is 0 Å². The molecule has 2 aromatic rings. The fourth-order valence-corrected chi connectivity index (χ4v) is 3.48. The Bertz CT molecular complexity index is 832. The summed E-state index contributed by atoms with van der Waals surface area (Å²) in [5, 5.41) is 0. The summed E-state index contributed by atoms with van der Waals surface area (Å²) in [6, 6.07) is 8.71. The van der Waals surface area contributed by atoms with Crippen LogP contribution in [0.1, 0.15) is 72.2 Å². The zero-order chi connectivity index (χ0) is 21.4. The minimum Gasteiger partial charge on any atom is -0.273 e. The molecule has 1 aromatic carbocycles. The zero-order valence-corrected chi connectivity index (χ0v) is 19.2. The average Bonchev–Trinajstić information content (AvgIpc) is 2.75. The van der Waals surface area contributed by atoms with E-state index >= 15 is 0 Å². The Balaban J connectivity index is 2.38. The van der Waals surface area contributed by atoms with Crippen molar-refractivity contribution in [1.82, 2.24) is 9.97 Å². The molecule has 0 radical (unpaired) electrons. The third-order valence-electron chi connectivity index (χ3n) is 5.86. The monoisotopic (exact) mass is 392 g/mol. The maximum Gasteiger partial charge on any atom is 0.133 e. The Hall–Kier alpha value is -2.36. The van der Waals surface area contributed by atoms with E-state index < -0.39 is 0 Å². The van der Waals surface area contributed by atoms with Crippen molar-refractivity contribution in [3.63, 3.8) is 0 Å². The second kappa shape index (κ2) is 10.4. The number of amidine groups is 1. The minimum atomic E-state index is -0.247. The van der Waals surface area contributed by atoms with Gasteiger partial charge < -0.3 is 0 Å². The molecular formula is C25H36N4. The lowest BCUT2D eigenvalue weighted by Gasteiger charge is -2.34. The predicted molar refractivity (Wildman–Crippen MR) is 125 cm³/mol. The third-order valence-corrected chi connectivity index (χ3v) is 5.86. The van der Waals surface area contributed by atoms with E-state index in [9.17, 15) is 0 Å². The highest BCUT2D eigenvalue weighted by Crippen LogP contribution is 2.35. The second-order valence-corrected chi connectivity index (χ2v) is 8.17. The maximum absolute atomic E-state index is 4.95. The highest BCUT2D eigenvalue weighted by Gasteiger charge is 2.36. The van der Waals surface area contributed by atoms with Crippen LogP contribution in [0.25, 0.3) is 11.1 Å². The van der Waals surface area contributed by atoms with Crippen molar-refractivity contribution in [2.45, 2.75) is 72.6 Å². The van der Waals surface area contributed by atoms with Crippen molar-refractivity contribution in [1.29, 1.82) is 0 Å². The Morgan fingerprint density at radius 2 is 1.66 bits per heavy atom. The third kappa shape index (κ3) is 5.37. The van der Waals surface area contributed by atoms with Crippen LogP contribution in [-0.2, 0) is 11.8 Å². The Morgan fingerprint density at radius 1 is 1.03 bits per heavy atom. The Labute approximate surface area is 176 Å². The lowest BCUT2D eigenvalue weighted by atomic mass is 9.72. The molecule has 0 saturated heterocycles. The van der Waals surface area contributed by atoms with E-state index in [-0.39, 0.29) is 5.41 Å². The summed E-state index contributed by atoms with van der Waals surface area (Å²) in [6.07, 6.45) is 8.03. The number of nitrogens with zero attached hydrogens (tertiary/aromatic N) is 4. The van der Waals surface area contributed by atoms with E-state index in [4.69, 9.17) is 4.99 Å². The van der Waals surface area contributed by atoms with Crippen LogP contribution in [0, 0.1) is 5.92 Å². The molecule has 0 fully saturated rings. The van der Waals surface area contributed by atoms with E-state index in [2.05, 4.69) is 80.8 Å². The first kappa shape index (κ1) is 22.9. The van der Waals surface area contributed by atoms with Crippen LogP contribution in [-0.4, -0.2) is 28.6 Å². The van der Waals surface area contributed by atoms with Gasteiger partial charge in [0.1, 0.15) is 11.7 Å². The number of hydrogen-bond donors (Lipinski definition) is 0. The molecule has 0 N–H and O–H groups in total. The molecule has 1 heterocycles. The molecule has 0 bridgehead atoms. The molecule has 2 rings (SSSR count). The van der Waals surface area contributed by atoms with E-state index in [0.29, 0.717) is 5.92 Å². The molecule has 156 valence electrons. The lowest BCUT2D eigenvalue weighted by Crippen LogP contribution is -2.37. The van der Waals surface area contributed by atoms with Crippen molar-refractivity contribution in [2.75, 3.05) is 7.05 Å². The van der Waals surface area contributed by atoms with Gasteiger partial charge in [0.2, 0.25) is 0 Å². The van der Waals surface area contributed by atoms with Crippen molar-refractivity contribution in [2.24, 2.45) is 15.9 Å². The van der Waals surface area contributed by atoms with E-state index in [0.717, 1.165) is 47.8 Å². The van der Waals surface area contributed by atoms with E-state index in [1.165, 1.54) is 12.0 Å². The number of unbranched alkanes of at least 4 members (excludes halogenated alkanes) is 1. The number of rotatable bonds is 8. The number of aromatic nitrogens is 2. The number of aliphatic imine (C=N–C) groups is 2. The van der Waals surface area contributed by atoms with Crippen LogP contribution < -0.4 is 0 Å². The molecular weight excluding hydrogens is 356 g/mol. The Kier molecular flexibility index (Phi) is 8.24. The topological polar surface area (TPSA) is 50.5 Å². The van der Waals surface area contributed by atoms with Crippen molar-refractivity contribution >= 4 is 11.5 Å². The summed E-state index contributed by atoms with van der Waals surface area (Å²) in [7, 11) is 1.85. The van der Waals surface area contributed by atoms with Crippen molar-refractivity contribution in [3.8, 4) is 11.1 Å². The van der Waals surface area contributed by atoms with Crippen molar-refractivity contribution < 1.29 is 0 Å². The van der Waals surface area contributed by atoms with E-state index in [1.54, 1.807) is 0 Å². The van der Waals surface area contributed by atoms with Crippen LogP contribution >= 0.6 is 0 Å². The molecule has 0 spiro atoms. The first-order valence-corrected chi connectivity index (χ1v) is 10.8. The smallest absolute Gasteiger partial charge is 0.133 e. The van der Waals surface area contributed by atoms with Crippen LogP contribution in [0.4, 0.5) is 0 Å². The standard InChI is InChI=1S/C25H36N4/c1-8-10-11-19(5)29-24(26-7)25(6,18(3)4)22-14-12-20(13-15-22)21-16-27-23(9-2)28-17-21/h12-18H,8-11H2,1-7H3. The van der Waals surface area contributed by atoms with Gasteiger partial charge in [-0.05, 0) is 43.7 Å². The number of hydrogen-bond acceptors (Lipinski definition) is 3. The van der Waals surface area contributed by atoms with Crippen LogP contribution in [0.5, 0.6) is 0 Å². The normalized spacial score (nSPS) is 14.9. The summed E-state index contributed by atoms with van der Waals surface area (Å²) >= 11 is 0. The zero-order valence-electron chi connectivity index (χ0n) is 19.2. The predicted octanol–water partition coefficient (Wildman–Crippen LogP) is 6.30. The molecule has 0 aliphatic carbocycles. The molecule has 0 aliphatic rings. The number of aryl methyl sites for hydroxylation is 1. The van der Waals surface area contributed by atoms with Gasteiger partial charge in [0.05, 0.1) is 5.41 Å². The van der Waals surface area contributed by atoms with Crippen LogP contribution in [0.15, 0.2) is 46.6 Å². The van der Waals surface area contributed by atoms with Gasteiger partial charge >= 0.3 is 0 Å². The van der Waals surface area contributed by atoms with Gasteiger partial charge in [-0.3, -0.25) is 4.99 Å². The first-order valence-electron chi connectivity index (χ1n) is 10.8. The fourth-order valence-electron chi connectivity index (χ4n) is 3.48. The molecule has 0 amide bonds. The summed E-state index contributed by atoms with van der Waals surface area (Å²) in [4.78, 5) is 18.4. The van der Waals surface area contributed by atoms with Gasteiger partial charge in [-0.2, -0.15) is 0 Å². The molecule has 0 aliphatic heterocycles. The average molecular weight is 393 g/mol. The molecule has 29 heavy (non-hydrogen) atoms. The van der Waals surface area contributed by atoms with Gasteiger partial charge in [-0.25, -0.2) is 15.0 Å².